The molecule has 0 aliphatic carbocycles. The van der Waals surface area contributed by atoms with Crippen molar-refractivity contribution in [2.24, 2.45) is 0 Å². The summed E-state index contributed by atoms with van der Waals surface area (Å²) in [5.74, 6) is -0.865. The normalized spacial score (nSPS) is 9.62. The van der Waals surface area contributed by atoms with E-state index in [-0.39, 0.29) is 6.54 Å². The Bertz CT molecular complexity index is 102. The first-order valence-corrected chi connectivity index (χ1v) is 2.89. The van der Waals surface area contributed by atoms with Gasteiger partial charge >= 0.3 is 5.97 Å². The van der Waals surface area contributed by atoms with Crippen LogP contribution in [0.1, 0.15) is 0 Å². The van der Waals surface area contributed by atoms with E-state index in [2.05, 4.69) is 21.2 Å². The minimum Gasteiger partial charge on any atom is -0.480 e. The van der Waals surface area contributed by atoms with E-state index in [9.17, 15) is 4.79 Å². The summed E-state index contributed by atoms with van der Waals surface area (Å²) in [6.45, 7) is -0.0396. The van der Waals surface area contributed by atoms with Crippen molar-refractivity contribution in [2.45, 2.75) is 0 Å². The average molecular weight is 180 g/mol. The van der Waals surface area contributed by atoms with Crippen LogP contribution in [0.4, 0.5) is 0 Å². The summed E-state index contributed by atoms with van der Waals surface area (Å²) in [6, 6.07) is 0. The van der Waals surface area contributed by atoms with Crippen LogP contribution in [0.15, 0.2) is 11.2 Å². The smallest absolute Gasteiger partial charge is 0.322 e. The highest BCUT2D eigenvalue weighted by molar-refractivity contribution is 9.11. The number of hydrogen-bond acceptors (Lipinski definition) is 2. The molecule has 0 heterocycles. The van der Waals surface area contributed by atoms with Gasteiger partial charge in [-0.1, -0.05) is 15.9 Å². The second-order valence-electron chi connectivity index (χ2n) is 1.07. The molecule has 0 aliphatic heterocycles. The van der Waals surface area contributed by atoms with Gasteiger partial charge in [0.25, 0.3) is 0 Å². The molecule has 0 saturated carbocycles. The molecule has 0 aliphatic rings. The number of carbonyl (C=O) groups is 1. The Labute approximate surface area is 55.5 Å². The molecule has 0 aromatic heterocycles. The van der Waals surface area contributed by atoms with Gasteiger partial charge in [0.1, 0.15) is 6.54 Å². The zero-order valence-corrected chi connectivity index (χ0v) is 5.68. The zero-order valence-electron chi connectivity index (χ0n) is 4.10. The van der Waals surface area contributed by atoms with Gasteiger partial charge in [-0.05, 0) is 4.99 Å². The minimum absolute atomic E-state index is 0.0396. The van der Waals surface area contributed by atoms with E-state index in [1.165, 1.54) is 6.20 Å². The molecule has 0 saturated heterocycles. The molecule has 46 valence electrons. The Kier molecular flexibility index (Phi) is 4.35. The van der Waals surface area contributed by atoms with Crippen molar-refractivity contribution in [1.82, 2.24) is 5.32 Å². The Morgan fingerprint density at radius 1 is 1.88 bits per heavy atom. The fourth-order valence-corrected chi connectivity index (χ4v) is 0.378. The van der Waals surface area contributed by atoms with E-state index >= 15 is 0 Å². The summed E-state index contributed by atoms with van der Waals surface area (Å²) < 4.78 is 0. The van der Waals surface area contributed by atoms with Gasteiger partial charge in [0.2, 0.25) is 0 Å². The van der Waals surface area contributed by atoms with Gasteiger partial charge in [-0.3, -0.25) is 4.79 Å². The van der Waals surface area contributed by atoms with Crippen molar-refractivity contribution in [3.05, 3.63) is 11.2 Å². The third-order valence-electron chi connectivity index (χ3n) is 0.434. The van der Waals surface area contributed by atoms with Crippen molar-refractivity contribution in [2.75, 3.05) is 6.54 Å². The van der Waals surface area contributed by atoms with Crippen LogP contribution in [0.5, 0.6) is 0 Å². The topological polar surface area (TPSA) is 49.3 Å². The van der Waals surface area contributed by atoms with Crippen molar-refractivity contribution in [3.8, 4) is 0 Å². The number of rotatable bonds is 3. The van der Waals surface area contributed by atoms with Crippen molar-refractivity contribution in [3.63, 3.8) is 0 Å². The van der Waals surface area contributed by atoms with Gasteiger partial charge < -0.3 is 10.4 Å². The summed E-state index contributed by atoms with van der Waals surface area (Å²) in [4.78, 5) is 11.3. The van der Waals surface area contributed by atoms with Crippen molar-refractivity contribution < 1.29 is 9.90 Å². The second-order valence-corrected chi connectivity index (χ2v) is 1.60. The number of halogens is 1. The summed E-state index contributed by atoms with van der Waals surface area (Å²) in [7, 11) is 0. The van der Waals surface area contributed by atoms with Gasteiger partial charge in [-0.25, -0.2) is 0 Å². The summed E-state index contributed by atoms with van der Waals surface area (Å²) in [5, 5.41) is 10.5. The number of nitrogens with one attached hydrogen (secondary N) is 1. The number of hydrogen-bond donors (Lipinski definition) is 2. The lowest BCUT2D eigenvalue weighted by Gasteiger charge is -1.89. The molecule has 2 N–H and O–H groups in total. The molecule has 0 radical (unpaired) electrons. The molecular weight excluding hydrogens is 174 g/mol. The largest absolute Gasteiger partial charge is 0.480 e. The lowest BCUT2D eigenvalue weighted by molar-refractivity contribution is -0.135. The third-order valence-corrected chi connectivity index (χ3v) is 0.698. The molecule has 0 aromatic carbocycles. The lowest BCUT2D eigenvalue weighted by atomic mass is 10.7. The van der Waals surface area contributed by atoms with Gasteiger partial charge in [-0.15, -0.1) is 0 Å². The maximum atomic E-state index is 9.76. The van der Waals surface area contributed by atoms with Gasteiger partial charge in [0.05, 0.1) is 0 Å². The molecular formula is C4H6BrNO2. The van der Waals surface area contributed by atoms with E-state index in [0.29, 0.717) is 0 Å². The minimum atomic E-state index is -0.865. The quantitative estimate of drug-likeness (QED) is 0.665. The van der Waals surface area contributed by atoms with Crippen LogP contribution in [0.25, 0.3) is 0 Å². The van der Waals surface area contributed by atoms with E-state index in [0.717, 1.165) is 0 Å². The first-order valence-electron chi connectivity index (χ1n) is 1.98. The van der Waals surface area contributed by atoms with E-state index in [1.807, 2.05) is 0 Å². The number of carboxylic acids is 1. The Balaban J connectivity index is 3.05. The zero-order chi connectivity index (χ0) is 6.41. The fraction of sp³-hybridized carbons (Fsp3) is 0.250. The fourth-order valence-electron chi connectivity index (χ4n) is 0.191. The predicted molar refractivity (Wildman–Crippen MR) is 33.7 cm³/mol. The van der Waals surface area contributed by atoms with E-state index in [4.69, 9.17) is 5.11 Å². The third kappa shape index (κ3) is 5.49. The molecule has 0 bridgehead atoms. The highest BCUT2D eigenvalue weighted by atomic mass is 79.9. The first kappa shape index (κ1) is 7.49. The molecule has 0 rings (SSSR count). The molecule has 0 unspecified atom stereocenters. The maximum Gasteiger partial charge on any atom is 0.322 e. The number of carboxylic acid groups (broad SMARTS) is 1. The van der Waals surface area contributed by atoms with Crippen molar-refractivity contribution >= 4 is 21.9 Å². The summed E-state index contributed by atoms with van der Waals surface area (Å²) in [5.41, 5.74) is 0. The van der Waals surface area contributed by atoms with Crippen LogP contribution >= 0.6 is 15.9 Å². The van der Waals surface area contributed by atoms with Gasteiger partial charge in [0, 0.05) is 6.20 Å². The Morgan fingerprint density at radius 3 is 2.88 bits per heavy atom. The summed E-state index contributed by atoms with van der Waals surface area (Å²) in [6.07, 6.45) is 1.51. The van der Waals surface area contributed by atoms with Crippen LogP contribution in [0.3, 0.4) is 0 Å². The molecule has 0 amide bonds. The molecule has 3 nitrogen and oxygen atoms in total. The average Bonchev–Trinajstić information content (AvgIpc) is 1.66. The predicted octanol–water partition coefficient (Wildman–Crippen LogP) is 0.527. The SMILES string of the molecule is O=C(O)CN/C=C/Br. The monoisotopic (exact) mass is 179 g/mol. The maximum absolute atomic E-state index is 9.76. The van der Waals surface area contributed by atoms with E-state index in [1.54, 1.807) is 4.99 Å². The lowest BCUT2D eigenvalue weighted by Crippen LogP contribution is -2.16. The molecule has 8 heavy (non-hydrogen) atoms. The molecule has 0 fully saturated rings. The second kappa shape index (κ2) is 4.64. The molecule has 0 spiro atoms. The summed E-state index contributed by atoms with van der Waals surface area (Å²) >= 11 is 2.96. The highest BCUT2D eigenvalue weighted by Crippen LogP contribution is 1.76. The van der Waals surface area contributed by atoms with Crippen LogP contribution in [-0.4, -0.2) is 17.6 Å². The van der Waals surface area contributed by atoms with Gasteiger partial charge in [0.15, 0.2) is 0 Å². The first-order chi connectivity index (χ1) is 3.77. The standard InChI is InChI=1S/C4H6BrNO2/c5-1-2-6-3-4(7)8/h1-2,6H,3H2,(H,7,8)/b2-1+. The Morgan fingerprint density at radius 2 is 2.50 bits per heavy atom. The van der Waals surface area contributed by atoms with Crippen LogP contribution in [0, 0.1) is 0 Å². The van der Waals surface area contributed by atoms with E-state index < -0.39 is 5.97 Å². The van der Waals surface area contributed by atoms with Crippen LogP contribution in [-0.2, 0) is 4.79 Å². The Hall–Kier alpha value is -0.510. The molecule has 0 aromatic rings. The molecule has 4 heteroatoms. The van der Waals surface area contributed by atoms with Gasteiger partial charge in [-0.2, -0.15) is 0 Å². The van der Waals surface area contributed by atoms with Crippen LogP contribution in [0.2, 0.25) is 0 Å². The molecule has 0 atom stereocenters. The van der Waals surface area contributed by atoms with Crippen LogP contribution < -0.4 is 5.32 Å². The number of aliphatic carboxylic acids is 1. The van der Waals surface area contributed by atoms with Crippen molar-refractivity contribution in [1.29, 1.82) is 0 Å². The highest BCUT2D eigenvalue weighted by Gasteiger charge is 1.87.